The van der Waals surface area contributed by atoms with Crippen LogP contribution < -0.4 is 10.5 Å². The van der Waals surface area contributed by atoms with E-state index in [0.717, 1.165) is 0 Å². The number of nitrogen functional groups attached to an aromatic ring is 1. The minimum absolute atomic E-state index is 0.116. The van der Waals surface area contributed by atoms with Crippen molar-refractivity contribution < 1.29 is 18.3 Å². The fourth-order valence-electron chi connectivity index (χ4n) is 4.96. The molecule has 2 aliphatic rings. The Bertz CT molecular complexity index is 1610. The van der Waals surface area contributed by atoms with Crippen LogP contribution in [0.5, 0.6) is 5.75 Å². The van der Waals surface area contributed by atoms with E-state index in [1.807, 2.05) is 0 Å². The van der Waals surface area contributed by atoms with Crippen molar-refractivity contribution in [3.8, 4) is 11.8 Å². The van der Waals surface area contributed by atoms with Crippen molar-refractivity contribution in [1.29, 1.82) is 5.26 Å². The van der Waals surface area contributed by atoms with Gasteiger partial charge in [-0.1, -0.05) is 0 Å². The van der Waals surface area contributed by atoms with Gasteiger partial charge in [-0.05, 0) is 37.1 Å². The number of aromatic nitrogens is 3. The molecule has 3 atom stereocenters. The third-order valence-corrected chi connectivity index (χ3v) is 7.02. The summed E-state index contributed by atoms with van der Waals surface area (Å²) in [6.07, 6.45) is 2.18. The van der Waals surface area contributed by atoms with Crippen molar-refractivity contribution in [2.45, 2.75) is 25.3 Å². The molecule has 1 fully saturated rings. The van der Waals surface area contributed by atoms with Crippen LogP contribution in [-0.2, 0) is 0 Å². The van der Waals surface area contributed by atoms with Crippen LogP contribution >= 0.6 is 0 Å². The number of fused-ring (bicyclic) bond motifs is 4. The molecular formula is C25H20F2N6O2. The second kappa shape index (κ2) is 7.37. The van der Waals surface area contributed by atoms with E-state index < -0.39 is 23.6 Å². The Morgan fingerprint density at radius 1 is 1.26 bits per heavy atom. The van der Waals surface area contributed by atoms with Crippen molar-refractivity contribution in [2.24, 2.45) is 5.92 Å². The zero-order valence-corrected chi connectivity index (χ0v) is 18.9. The van der Waals surface area contributed by atoms with Crippen molar-refractivity contribution in [1.82, 2.24) is 19.3 Å². The zero-order chi connectivity index (χ0) is 24.6. The first kappa shape index (κ1) is 21.3. The molecule has 1 unspecified atom stereocenters. The SMILES string of the molecule is Cc1ncn2c1c(N)nc1cc(F)c(C(=O)N(C)[C@@H]3COc4cc(C5C[C@H]5C#N)c(F)cc43)cc12. The average Bonchev–Trinajstić information content (AvgIpc) is 3.34. The molecule has 0 bridgehead atoms. The molecule has 8 nitrogen and oxygen atoms in total. The van der Waals surface area contributed by atoms with Gasteiger partial charge in [0.2, 0.25) is 0 Å². The van der Waals surface area contributed by atoms with Crippen molar-refractivity contribution >= 4 is 28.3 Å². The highest BCUT2D eigenvalue weighted by Gasteiger charge is 2.42. The summed E-state index contributed by atoms with van der Waals surface area (Å²) in [7, 11) is 1.53. The molecule has 3 heterocycles. The van der Waals surface area contributed by atoms with Gasteiger partial charge in [0.15, 0.2) is 0 Å². The number of nitriles is 1. The fraction of sp³-hybridized carbons (Fsp3) is 0.280. The van der Waals surface area contributed by atoms with E-state index >= 15 is 4.39 Å². The Balaban J connectivity index is 1.36. The Morgan fingerprint density at radius 2 is 2.06 bits per heavy atom. The summed E-state index contributed by atoms with van der Waals surface area (Å²) < 4.78 is 37.4. The van der Waals surface area contributed by atoms with E-state index in [4.69, 9.17) is 15.7 Å². The smallest absolute Gasteiger partial charge is 0.257 e. The summed E-state index contributed by atoms with van der Waals surface area (Å²) in [6.45, 7) is 1.90. The Hall–Kier alpha value is -4.26. The number of carbonyl (C=O) groups excluding carboxylic acids is 1. The quantitative estimate of drug-likeness (QED) is 0.483. The molecule has 0 spiro atoms. The number of anilines is 1. The number of imidazole rings is 1. The summed E-state index contributed by atoms with van der Waals surface area (Å²) in [6, 6.07) is 7.15. The first-order valence-electron chi connectivity index (χ1n) is 11.1. The number of rotatable bonds is 3. The molecule has 1 saturated carbocycles. The van der Waals surface area contributed by atoms with Crippen LogP contribution in [0.25, 0.3) is 16.6 Å². The molecule has 2 aromatic carbocycles. The minimum atomic E-state index is -0.741. The molecule has 0 radical (unpaired) electrons. The van der Waals surface area contributed by atoms with E-state index in [1.165, 1.54) is 30.1 Å². The van der Waals surface area contributed by atoms with Gasteiger partial charge in [-0.15, -0.1) is 0 Å². The molecule has 1 aliphatic carbocycles. The van der Waals surface area contributed by atoms with Gasteiger partial charge < -0.3 is 15.4 Å². The molecular weight excluding hydrogens is 454 g/mol. The van der Waals surface area contributed by atoms with Crippen LogP contribution in [0.4, 0.5) is 14.6 Å². The largest absolute Gasteiger partial charge is 0.491 e. The van der Waals surface area contributed by atoms with Gasteiger partial charge >= 0.3 is 0 Å². The molecule has 2 aromatic heterocycles. The predicted octanol–water partition coefficient (Wildman–Crippen LogP) is 3.88. The maximum absolute atomic E-state index is 15.1. The summed E-state index contributed by atoms with van der Waals surface area (Å²) in [5.74, 6) is -1.37. The summed E-state index contributed by atoms with van der Waals surface area (Å²) >= 11 is 0. The molecule has 176 valence electrons. The number of nitrogens with two attached hydrogens (primary N) is 1. The van der Waals surface area contributed by atoms with Crippen molar-refractivity contribution in [3.63, 3.8) is 0 Å². The van der Waals surface area contributed by atoms with Crippen LogP contribution in [0, 0.1) is 35.8 Å². The van der Waals surface area contributed by atoms with Crippen LogP contribution in [0.1, 0.15) is 45.6 Å². The number of aryl methyl sites for hydroxylation is 1. The average molecular weight is 474 g/mol. The second-order valence-corrected chi connectivity index (χ2v) is 9.10. The van der Waals surface area contributed by atoms with E-state index in [2.05, 4.69) is 16.0 Å². The van der Waals surface area contributed by atoms with Crippen LogP contribution in [0.2, 0.25) is 0 Å². The van der Waals surface area contributed by atoms with E-state index in [-0.39, 0.29) is 29.8 Å². The number of amides is 1. The topological polar surface area (TPSA) is 110 Å². The third kappa shape index (κ3) is 3.11. The number of halogens is 2. The van der Waals surface area contributed by atoms with Crippen molar-refractivity contribution in [3.05, 3.63) is 64.6 Å². The number of nitrogens with zero attached hydrogens (tertiary/aromatic N) is 5. The monoisotopic (exact) mass is 474 g/mol. The molecule has 6 rings (SSSR count). The Kier molecular flexibility index (Phi) is 4.48. The molecule has 0 saturated heterocycles. The minimum Gasteiger partial charge on any atom is -0.491 e. The summed E-state index contributed by atoms with van der Waals surface area (Å²) in [4.78, 5) is 23.3. The lowest BCUT2D eigenvalue weighted by molar-refractivity contribution is 0.0704. The van der Waals surface area contributed by atoms with E-state index in [9.17, 15) is 9.18 Å². The molecule has 35 heavy (non-hydrogen) atoms. The van der Waals surface area contributed by atoms with Crippen LogP contribution in [0.3, 0.4) is 0 Å². The zero-order valence-electron chi connectivity index (χ0n) is 18.9. The summed E-state index contributed by atoms with van der Waals surface area (Å²) in [5.41, 5.74) is 8.88. The Morgan fingerprint density at radius 3 is 2.80 bits per heavy atom. The number of benzene rings is 2. The molecule has 10 heteroatoms. The van der Waals surface area contributed by atoms with E-state index in [0.29, 0.717) is 45.5 Å². The van der Waals surface area contributed by atoms with Gasteiger partial charge in [0, 0.05) is 24.6 Å². The van der Waals surface area contributed by atoms with Gasteiger partial charge in [0.05, 0.1) is 40.3 Å². The van der Waals surface area contributed by atoms with Gasteiger partial charge in [0.1, 0.15) is 41.7 Å². The first-order valence-corrected chi connectivity index (χ1v) is 11.1. The molecule has 1 aliphatic heterocycles. The summed E-state index contributed by atoms with van der Waals surface area (Å²) in [5, 5.41) is 9.07. The molecule has 2 N–H and O–H groups in total. The Labute approximate surface area is 198 Å². The van der Waals surface area contributed by atoms with Gasteiger partial charge in [-0.25, -0.2) is 18.7 Å². The van der Waals surface area contributed by atoms with Crippen molar-refractivity contribution in [2.75, 3.05) is 19.4 Å². The lowest BCUT2D eigenvalue weighted by Crippen LogP contribution is -2.32. The molecule has 1 amide bonds. The van der Waals surface area contributed by atoms with Crippen LogP contribution in [-0.4, -0.2) is 38.8 Å². The fourth-order valence-corrected chi connectivity index (χ4v) is 4.96. The first-order chi connectivity index (χ1) is 16.8. The highest BCUT2D eigenvalue weighted by Crippen LogP contribution is 2.50. The van der Waals surface area contributed by atoms with Gasteiger partial charge in [-0.2, -0.15) is 5.26 Å². The second-order valence-electron chi connectivity index (χ2n) is 9.10. The standard InChI is InChI=1S/C25H20F2N6O2/c1-11-23-24(29)31-19-7-18(27)15(5-20(19)33(23)10-30-11)25(34)32(2)21-9-35-22-6-14(13-3-12(13)8-28)17(26)4-16(21)22/h4-7,10,12-13,21H,3,9H2,1-2H3,(H2,29,31)/t12-,13?,21+/m0/s1. The number of likely N-dealkylation sites (N-methyl/N-ethyl adjacent to an activating group) is 1. The van der Waals surface area contributed by atoms with E-state index in [1.54, 1.807) is 23.7 Å². The maximum Gasteiger partial charge on any atom is 0.257 e. The highest BCUT2D eigenvalue weighted by atomic mass is 19.1. The number of hydrogen-bond donors (Lipinski definition) is 1. The van der Waals surface area contributed by atoms with Crippen LogP contribution in [0.15, 0.2) is 30.6 Å². The highest BCUT2D eigenvalue weighted by molar-refractivity contribution is 5.98. The van der Waals surface area contributed by atoms with Gasteiger partial charge in [0.25, 0.3) is 5.91 Å². The lowest BCUT2D eigenvalue weighted by atomic mass is 10.0. The number of hydrogen-bond acceptors (Lipinski definition) is 6. The number of carbonyl (C=O) groups is 1. The normalized spacial score (nSPS) is 20.5. The van der Waals surface area contributed by atoms with Gasteiger partial charge in [-0.3, -0.25) is 9.20 Å². The lowest BCUT2D eigenvalue weighted by Gasteiger charge is -2.24. The third-order valence-electron chi connectivity index (χ3n) is 7.02. The number of ether oxygens (including phenoxy) is 1. The predicted molar refractivity (Wildman–Crippen MR) is 123 cm³/mol. The maximum atomic E-state index is 15.1. The molecule has 4 aromatic rings.